The van der Waals surface area contributed by atoms with Crippen LogP contribution in [0, 0.1) is 17.2 Å². The molecule has 1 aromatic rings. The van der Waals surface area contributed by atoms with Crippen LogP contribution >= 0.6 is 0 Å². The monoisotopic (exact) mass is 283 g/mol. The van der Waals surface area contributed by atoms with Crippen molar-refractivity contribution in [1.82, 2.24) is 4.90 Å². The van der Waals surface area contributed by atoms with Crippen LogP contribution in [0.3, 0.4) is 0 Å². The number of rotatable bonds is 2. The van der Waals surface area contributed by atoms with E-state index in [1.165, 1.54) is 18.5 Å². The van der Waals surface area contributed by atoms with E-state index in [4.69, 9.17) is 5.26 Å². The van der Waals surface area contributed by atoms with E-state index in [1.54, 1.807) is 0 Å². The highest BCUT2D eigenvalue weighted by molar-refractivity contribution is 5.94. The number of carbonyl (C=O) groups is 1. The number of amides is 1. The number of benzene rings is 1. The molecule has 2 aliphatic heterocycles. The van der Waals surface area contributed by atoms with Crippen LogP contribution in [0.25, 0.3) is 0 Å². The van der Waals surface area contributed by atoms with Gasteiger partial charge in [0.05, 0.1) is 6.07 Å². The first-order chi connectivity index (χ1) is 10.3. The second-order valence-corrected chi connectivity index (χ2v) is 5.94. The lowest BCUT2D eigenvalue weighted by Crippen LogP contribution is -2.38. The van der Waals surface area contributed by atoms with Gasteiger partial charge in [-0.1, -0.05) is 0 Å². The Hall–Kier alpha value is -2.02. The molecule has 0 unspecified atom stereocenters. The van der Waals surface area contributed by atoms with Crippen molar-refractivity contribution in [3.63, 3.8) is 0 Å². The van der Waals surface area contributed by atoms with Gasteiger partial charge in [0.2, 0.25) is 0 Å². The summed E-state index contributed by atoms with van der Waals surface area (Å²) in [5, 5.41) is 8.91. The maximum atomic E-state index is 12.5. The average Bonchev–Trinajstić information content (AvgIpc) is 3.09. The lowest BCUT2D eigenvalue weighted by Gasteiger charge is -2.29. The van der Waals surface area contributed by atoms with Crippen molar-refractivity contribution in [3.8, 4) is 6.07 Å². The SMILES string of the molecule is N#CC1CCN(C(=O)c2ccc(N3CCCC3)cc2)CC1. The van der Waals surface area contributed by atoms with Gasteiger partial charge in [-0.05, 0) is 49.9 Å². The van der Waals surface area contributed by atoms with Gasteiger partial charge in [0, 0.05) is 43.3 Å². The molecule has 2 fully saturated rings. The highest BCUT2D eigenvalue weighted by Gasteiger charge is 2.23. The van der Waals surface area contributed by atoms with Gasteiger partial charge in [0.25, 0.3) is 5.91 Å². The molecule has 4 heteroatoms. The number of nitrogens with zero attached hydrogens (tertiary/aromatic N) is 3. The van der Waals surface area contributed by atoms with Gasteiger partial charge in [0.1, 0.15) is 0 Å². The molecule has 0 aromatic heterocycles. The molecule has 2 aliphatic rings. The second-order valence-electron chi connectivity index (χ2n) is 5.94. The Labute approximate surface area is 126 Å². The summed E-state index contributed by atoms with van der Waals surface area (Å²) in [4.78, 5) is 16.7. The zero-order chi connectivity index (χ0) is 14.7. The Bertz CT molecular complexity index is 532. The number of carbonyl (C=O) groups excluding carboxylic acids is 1. The molecule has 1 aromatic carbocycles. The maximum Gasteiger partial charge on any atom is 0.253 e. The number of piperidine rings is 1. The van der Waals surface area contributed by atoms with Gasteiger partial charge >= 0.3 is 0 Å². The van der Waals surface area contributed by atoms with Crippen molar-refractivity contribution >= 4 is 11.6 Å². The molecule has 0 bridgehead atoms. The van der Waals surface area contributed by atoms with Gasteiger partial charge in [-0.3, -0.25) is 4.79 Å². The Kier molecular flexibility index (Phi) is 4.10. The Balaban J connectivity index is 1.64. The molecule has 0 aliphatic carbocycles. The number of nitriles is 1. The summed E-state index contributed by atoms with van der Waals surface area (Å²) >= 11 is 0. The molecule has 21 heavy (non-hydrogen) atoms. The largest absolute Gasteiger partial charge is 0.372 e. The second kappa shape index (κ2) is 6.17. The van der Waals surface area contributed by atoms with E-state index in [9.17, 15) is 4.79 Å². The van der Waals surface area contributed by atoms with Gasteiger partial charge in [-0.2, -0.15) is 5.26 Å². The fraction of sp³-hybridized carbons (Fsp3) is 0.529. The van der Waals surface area contributed by atoms with Gasteiger partial charge < -0.3 is 9.80 Å². The molecular weight excluding hydrogens is 262 g/mol. The zero-order valence-corrected chi connectivity index (χ0v) is 12.3. The van der Waals surface area contributed by atoms with Crippen molar-refractivity contribution < 1.29 is 4.79 Å². The molecule has 110 valence electrons. The number of anilines is 1. The summed E-state index contributed by atoms with van der Waals surface area (Å²) in [5.41, 5.74) is 1.97. The van der Waals surface area contributed by atoms with Crippen LogP contribution in [0.5, 0.6) is 0 Å². The number of likely N-dealkylation sites (tertiary alicyclic amines) is 1. The highest BCUT2D eigenvalue weighted by atomic mass is 16.2. The third-order valence-corrected chi connectivity index (χ3v) is 4.55. The van der Waals surface area contributed by atoms with Crippen molar-refractivity contribution in [1.29, 1.82) is 5.26 Å². The molecule has 0 saturated carbocycles. The Morgan fingerprint density at radius 2 is 1.67 bits per heavy atom. The normalized spacial score (nSPS) is 19.6. The van der Waals surface area contributed by atoms with Crippen molar-refractivity contribution in [3.05, 3.63) is 29.8 Å². The smallest absolute Gasteiger partial charge is 0.253 e. The fourth-order valence-corrected chi connectivity index (χ4v) is 3.18. The summed E-state index contributed by atoms with van der Waals surface area (Å²) < 4.78 is 0. The summed E-state index contributed by atoms with van der Waals surface area (Å²) in [6.07, 6.45) is 4.12. The topological polar surface area (TPSA) is 47.3 Å². The van der Waals surface area contributed by atoms with E-state index in [1.807, 2.05) is 17.0 Å². The Morgan fingerprint density at radius 1 is 1.05 bits per heavy atom. The maximum absolute atomic E-state index is 12.5. The van der Waals surface area contributed by atoms with Crippen LogP contribution in [0.2, 0.25) is 0 Å². The van der Waals surface area contributed by atoms with E-state index in [0.29, 0.717) is 13.1 Å². The van der Waals surface area contributed by atoms with Crippen LogP contribution < -0.4 is 4.90 Å². The minimum absolute atomic E-state index is 0.0966. The number of hydrogen-bond acceptors (Lipinski definition) is 3. The lowest BCUT2D eigenvalue weighted by molar-refractivity contribution is 0.0707. The van der Waals surface area contributed by atoms with Crippen LogP contribution in [-0.4, -0.2) is 37.0 Å². The third kappa shape index (κ3) is 3.02. The molecule has 0 spiro atoms. The van der Waals surface area contributed by atoms with E-state index in [0.717, 1.165) is 31.5 Å². The van der Waals surface area contributed by atoms with Crippen LogP contribution in [0.15, 0.2) is 24.3 Å². The Morgan fingerprint density at radius 3 is 2.24 bits per heavy atom. The predicted octanol–water partition coefficient (Wildman–Crippen LogP) is 2.66. The predicted molar refractivity (Wildman–Crippen MR) is 82.1 cm³/mol. The van der Waals surface area contributed by atoms with Crippen LogP contribution in [0.4, 0.5) is 5.69 Å². The quantitative estimate of drug-likeness (QED) is 0.838. The standard InChI is InChI=1S/C17H21N3O/c18-13-14-7-11-20(12-8-14)17(21)15-3-5-16(6-4-15)19-9-1-2-10-19/h3-6,14H,1-2,7-12H2. The molecular formula is C17H21N3O. The average molecular weight is 283 g/mol. The van der Waals surface area contributed by atoms with Gasteiger partial charge in [0.15, 0.2) is 0 Å². The van der Waals surface area contributed by atoms with Crippen molar-refractivity contribution in [2.75, 3.05) is 31.1 Å². The van der Waals surface area contributed by atoms with Gasteiger partial charge in [-0.25, -0.2) is 0 Å². The molecule has 2 saturated heterocycles. The van der Waals surface area contributed by atoms with Crippen LogP contribution in [0.1, 0.15) is 36.0 Å². The molecule has 3 rings (SSSR count). The molecule has 0 radical (unpaired) electrons. The van der Waals surface area contributed by atoms with E-state index < -0.39 is 0 Å². The van der Waals surface area contributed by atoms with Crippen LogP contribution in [-0.2, 0) is 0 Å². The highest BCUT2D eigenvalue weighted by Crippen LogP contribution is 2.22. The minimum atomic E-state index is 0.0966. The summed E-state index contributed by atoms with van der Waals surface area (Å²) in [6, 6.07) is 10.3. The summed E-state index contributed by atoms with van der Waals surface area (Å²) in [6.45, 7) is 3.64. The van der Waals surface area contributed by atoms with E-state index in [-0.39, 0.29) is 11.8 Å². The number of hydrogen-bond donors (Lipinski definition) is 0. The molecule has 4 nitrogen and oxygen atoms in total. The van der Waals surface area contributed by atoms with Crippen molar-refractivity contribution in [2.24, 2.45) is 5.92 Å². The first kappa shape index (κ1) is 13.9. The lowest BCUT2D eigenvalue weighted by atomic mass is 9.98. The van der Waals surface area contributed by atoms with E-state index in [2.05, 4.69) is 23.1 Å². The van der Waals surface area contributed by atoms with E-state index >= 15 is 0 Å². The molecule has 0 N–H and O–H groups in total. The molecule has 2 heterocycles. The summed E-state index contributed by atoms with van der Waals surface area (Å²) in [7, 11) is 0. The first-order valence-electron chi connectivity index (χ1n) is 7.82. The minimum Gasteiger partial charge on any atom is -0.372 e. The van der Waals surface area contributed by atoms with Crippen molar-refractivity contribution in [2.45, 2.75) is 25.7 Å². The van der Waals surface area contributed by atoms with Gasteiger partial charge in [-0.15, -0.1) is 0 Å². The third-order valence-electron chi connectivity index (χ3n) is 4.55. The first-order valence-corrected chi connectivity index (χ1v) is 7.82. The summed E-state index contributed by atoms with van der Waals surface area (Å²) in [5.74, 6) is 0.214. The fourth-order valence-electron chi connectivity index (χ4n) is 3.18. The zero-order valence-electron chi connectivity index (χ0n) is 12.3. The molecule has 0 atom stereocenters. The molecule has 1 amide bonds.